The average Bonchev–Trinajstić information content (AvgIpc) is 2.82. The predicted octanol–water partition coefficient (Wildman–Crippen LogP) is 4.76. The molecule has 2 atom stereocenters. The van der Waals surface area contributed by atoms with Crippen molar-refractivity contribution in [3.63, 3.8) is 0 Å². The van der Waals surface area contributed by atoms with E-state index in [1.807, 2.05) is 6.92 Å². The number of fused-ring (bicyclic) bond motifs is 3. The fourth-order valence-electron chi connectivity index (χ4n) is 5.39. The van der Waals surface area contributed by atoms with E-state index < -0.39 is 0 Å². The molecular formula is C26H37N3O3S. The van der Waals surface area contributed by atoms with E-state index in [2.05, 4.69) is 42.3 Å². The number of nitrogens with one attached hydrogen (secondary N) is 1. The molecule has 0 spiro atoms. The third kappa shape index (κ3) is 5.45. The maximum atomic E-state index is 10.3. The SMILES string of the molecule is CCOc1cc2c(cc1OC)C(=C(C#N)SC(C)(C)CN1CCOCC1)N[C@@H]1CCCC[C@H]21. The van der Waals surface area contributed by atoms with Crippen molar-refractivity contribution < 1.29 is 14.2 Å². The summed E-state index contributed by atoms with van der Waals surface area (Å²) >= 11 is 1.68. The number of rotatable bonds is 7. The summed E-state index contributed by atoms with van der Waals surface area (Å²) < 4.78 is 17.0. The molecule has 0 unspecified atom stereocenters. The minimum Gasteiger partial charge on any atom is -0.493 e. The van der Waals surface area contributed by atoms with Crippen LogP contribution in [0, 0.1) is 11.3 Å². The Hall–Kier alpha value is -1.88. The highest BCUT2D eigenvalue weighted by atomic mass is 32.2. The van der Waals surface area contributed by atoms with E-state index in [-0.39, 0.29) is 4.75 Å². The van der Waals surface area contributed by atoms with Gasteiger partial charge in [0.25, 0.3) is 0 Å². The lowest BCUT2D eigenvalue weighted by Crippen LogP contribution is -2.43. The molecule has 0 aromatic heterocycles. The third-order valence-electron chi connectivity index (χ3n) is 6.82. The summed E-state index contributed by atoms with van der Waals surface area (Å²) in [6.07, 6.45) is 4.75. The zero-order valence-corrected chi connectivity index (χ0v) is 21.2. The van der Waals surface area contributed by atoms with Crippen molar-refractivity contribution in [2.45, 2.75) is 63.2 Å². The summed E-state index contributed by atoms with van der Waals surface area (Å²) in [5.74, 6) is 1.95. The Morgan fingerprint density at radius 2 is 2.00 bits per heavy atom. The maximum Gasteiger partial charge on any atom is 0.161 e. The number of benzene rings is 1. The Morgan fingerprint density at radius 1 is 1.24 bits per heavy atom. The summed E-state index contributed by atoms with van der Waals surface area (Å²) in [6, 6.07) is 7.14. The number of nitriles is 1. The normalized spacial score (nSPS) is 24.7. The number of allylic oxidation sites excluding steroid dienone is 1. The van der Waals surface area contributed by atoms with Gasteiger partial charge >= 0.3 is 0 Å². The van der Waals surface area contributed by atoms with E-state index in [9.17, 15) is 5.26 Å². The number of morpholine rings is 1. The third-order valence-corrected chi connectivity index (χ3v) is 8.00. The number of nitrogens with zero attached hydrogens (tertiary/aromatic N) is 2. The molecule has 2 heterocycles. The highest BCUT2D eigenvalue weighted by molar-refractivity contribution is 8.04. The lowest BCUT2D eigenvalue weighted by Gasteiger charge is -2.41. The van der Waals surface area contributed by atoms with Crippen LogP contribution in [0.4, 0.5) is 0 Å². The second-order valence-electron chi connectivity index (χ2n) is 9.73. The van der Waals surface area contributed by atoms with Crippen LogP contribution in [0.1, 0.15) is 63.5 Å². The van der Waals surface area contributed by atoms with Crippen molar-refractivity contribution >= 4 is 17.5 Å². The summed E-state index contributed by atoms with van der Waals surface area (Å²) in [6.45, 7) is 11.4. The van der Waals surface area contributed by atoms with Crippen LogP contribution in [-0.2, 0) is 4.74 Å². The molecule has 0 bridgehead atoms. The van der Waals surface area contributed by atoms with Gasteiger partial charge in [-0.15, -0.1) is 11.8 Å². The smallest absolute Gasteiger partial charge is 0.161 e. The second-order valence-corrected chi connectivity index (χ2v) is 11.4. The minimum absolute atomic E-state index is 0.101. The minimum atomic E-state index is -0.101. The quantitative estimate of drug-likeness (QED) is 0.575. The number of methoxy groups -OCH3 is 1. The van der Waals surface area contributed by atoms with E-state index in [0.717, 1.165) is 73.4 Å². The Kier molecular flexibility index (Phi) is 7.78. The molecule has 180 valence electrons. The monoisotopic (exact) mass is 471 g/mol. The average molecular weight is 472 g/mol. The summed E-state index contributed by atoms with van der Waals surface area (Å²) in [5, 5.41) is 14.1. The molecule has 6 nitrogen and oxygen atoms in total. The molecule has 7 heteroatoms. The van der Waals surface area contributed by atoms with E-state index in [0.29, 0.717) is 18.6 Å². The van der Waals surface area contributed by atoms with Crippen LogP contribution in [0.2, 0.25) is 0 Å². The zero-order chi connectivity index (χ0) is 23.4. The second kappa shape index (κ2) is 10.6. The zero-order valence-electron chi connectivity index (χ0n) is 20.4. The Labute approximate surface area is 202 Å². The van der Waals surface area contributed by atoms with Crippen molar-refractivity contribution in [2.24, 2.45) is 0 Å². The molecule has 3 aliphatic rings. The molecule has 1 aromatic rings. The molecular weight excluding hydrogens is 434 g/mol. The van der Waals surface area contributed by atoms with Gasteiger partial charge in [0.2, 0.25) is 0 Å². The molecule has 1 N–H and O–H groups in total. The van der Waals surface area contributed by atoms with Crippen molar-refractivity contribution in [2.75, 3.05) is 46.6 Å². The molecule has 33 heavy (non-hydrogen) atoms. The first kappa shape index (κ1) is 24.3. The first-order valence-corrected chi connectivity index (χ1v) is 13.0. The van der Waals surface area contributed by atoms with Crippen LogP contribution in [0.5, 0.6) is 11.5 Å². The number of thioether (sulfide) groups is 1. The van der Waals surface area contributed by atoms with E-state index >= 15 is 0 Å². The van der Waals surface area contributed by atoms with Gasteiger partial charge in [0.15, 0.2) is 11.5 Å². The lowest BCUT2D eigenvalue weighted by atomic mass is 9.75. The van der Waals surface area contributed by atoms with Crippen molar-refractivity contribution in [3.05, 3.63) is 28.2 Å². The predicted molar refractivity (Wildman–Crippen MR) is 134 cm³/mol. The van der Waals surface area contributed by atoms with Gasteiger partial charge in [-0.05, 0) is 51.3 Å². The van der Waals surface area contributed by atoms with Gasteiger partial charge in [-0.2, -0.15) is 5.26 Å². The van der Waals surface area contributed by atoms with E-state index in [1.54, 1.807) is 18.9 Å². The molecule has 1 aromatic carbocycles. The number of ether oxygens (including phenoxy) is 3. The Bertz CT molecular complexity index is 918. The van der Waals surface area contributed by atoms with Gasteiger partial charge in [-0.1, -0.05) is 12.8 Å². The summed E-state index contributed by atoms with van der Waals surface area (Å²) in [4.78, 5) is 3.19. The van der Waals surface area contributed by atoms with Crippen molar-refractivity contribution in [1.29, 1.82) is 5.26 Å². The molecule has 0 radical (unpaired) electrons. The Balaban J connectivity index is 1.72. The Morgan fingerprint density at radius 3 is 2.70 bits per heavy atom. The molecule has 2 fully saturated rings. The fourth-order valence-corrected chi connectivity index (χ4v) is 6.51. The van der Waals surface area contributed by atoms with Crippen LogP contribution in [0.25, 0.3) is 5.70 Å². The molecule has 2 aliphatic heterocycles. The first-order valence-electron chi connectivity index (χ1n) is 12.2. The highest BCUT2D eigenvalue weighted by Crippen LogP contribution is 2.47. The van der Waals surface area contributed by atoms with Crippen LogP contribution < -0.4 is 14.8 Å². The lowest BCUT2D eigenvalue weighted by molar-refractivity contribution is 0.0350. The highest BCUT2D eigenvalue weighted by Gasteiger charge is 2.37. The molecule has 0 amide bonds. The van der Waals surface area contributed by atoms with E-state index in [4.69, 9.17) is 14.2 Å². The number of hydrogen-bond acceptors (Lipinski definition) is 7. The van der Waals surface area contributed by atoms with Gasteiger partial charge in [-0.3, -0.25) is 4.90 Å². The largest absolute Gasteiger partial charge is 0.493 e. The maximum absolute atomic E-state index is 10.3. The van der Waals surface area contributed by atoms with Gasteiger partial charge in [-0.25, -0.2) is 0 Å². The van der Waals surface area contributed by atoms with E-state index in [1.165, 1.54) is 18.4 Å². The molecule has 1 aliphatic carbocycles. The van der Waals surface area contributed by atoms with Gasteiger partial charge in [0, 0.05) is 41.9 Å². The first-order chi connectivity index (χ1) is 16.0. The van der Waals surface area contributed by atoms with Gasteiger partial charge in [0.05, 0.1) is 32.6 Å². The van der Waals surface area contributed by atoms with Crippen molar-refractivity contribution in [3.8, 4) is 17.6 Å². The fraction of sp³-hybridized carbons (Fsp3) is 0.654. The number of hydrogen-bond donors (Lipinski definition) is 1. The standard InChI is InChI=1S/C26H37N3O3S/c1-5-32-23-14-19-18-8-6-7-9-21(18)28-25(20(19)15-22(23)30-4)24(16-27)33-26(2,3)17-29-10-12-31-13-11-29/h14-15,18,21,28H,5-13,17H2,1-4H3/t18-,21-/m1/s1. The van der Waals surface area contributed by atoms with Crippen molar-refractivity contribution in [1.82, 2.24) is 10.2 Å². The van der Waals surface area contributed by atoms with Crippen LogP contribution >= 0.6 is 11.8 Å². The van der Waals surface area contributed by atoms with Gasteiger partial charge in [0.1, 0.15) is 11.0 Å². The summed E-state index contributed by atoms with van der Waals surface area (Å²) in [5.41, 5.74) is 3.33. The molecule has 4 rings (SSSR count). The molecule has 1 saturated carbocycles. The van der Waals surface area contributed by atoms with Crippen LogP contribution in [-0.4, -0.2) is 62.3 Å². The van der Waals surface area contributed by atoms with Crippen LogP contribution in [0.3, 0.4) is 0 Å². The van der Waals surface area contributed by atoms with Gasteiger partial charge < -0.3 is 19.5 Å². The van der Waals surface area contributed by atoms with Crippen LogP contribution in [0.15, 0.2) is 17.0 Å². The summed E-state index contributed by atoms with van der Waals surface area (Å²) in [7, 11) is 1.68. The molecule has 1 saturated heterocycles. The topological polar surface area (TPSA) is 66.8 Å².